The molecule has 0 bridgehead atoms. The summed E-state index contributed by atoms with van der Waals surface area (Å²) >= 11 is 0. The predicted octanol–water partition coefficient (Wildman–Crippen LogP) is 4.13. The second-order valence-corrected chi connectivity index (χ2v) is 5.33. The number of hydrogen-bond donors (Lipinski definition) is 1. The van der Waals surface area contributed by atoms with Gasteiger partial charge in [0, 0.05) is 23.9 Å². The molecule has 0 aromatic heterocycles. The Morgan fingerprint density at radius 3 is 2.45 bits per heavy atom. The predicted molar refractivity (Wildman–Crippen MR) is 79.4 cm³/mol. The van der Waals surface area contributed by atoms with Gasteiger partial charge in [0.1, 0.15) is 0 Å². The van der Waals surface area contributed by atoms with Crippen LogP contribution in [0.3, 0.4) is 0 Å². The number of nitro groups is 1. The number of nitrogens with one attached hydrogen (secondary N) is 1. The Hall–Kier alpha value is -1.78. The number of anilines is 1. The normalized spacial score (nSPS) is 17.1. The molecule has 0 spiro atoms. The quantitative estimate of drug-likeness (QED) is 0.664. The van der Waals surface area contributed by atoms with E-state index in [1.807, 2.05) is 0 Å². The molecule has 0 amide bonds. The van der Waals surface area contributed by atoms with E-state index in [9.17, 15) is 10.1 Å². The summed E-state index contributed by atoms with van der Waals surface area (Å²) in [5, 5.41) is 14.4. The van der Waals surface area contributed by atoms with E-state index in [0.717, 1.165) is 5.69 Å². The lowest BCUT2D eigenvalue weighted by molar-refractivity contribution is -0.385. The Bertz CT molecular complexity index is 454. The molecular weight excluding hydrogens is 256 g/mol. The van der Waals surface area contributed by atoms with Crippen molar-refractivity contribution >= 4 is 11.4 Å². The first-order valence-electron chi connectivity index (χ1n) is 7.29. The van der Waals surface area contributed by atoms with Gasteiger partial charge in [-0.25, -0.2) is 0 Å². The highest BCUT2D eigenvalue weighted by atomic mass is 16.6. The molecule has 1 aliphatic rings. The molecule has 5 nitrogen and oxygen atoms in total. The summed E-state index contributed by atoms with van der Waals surface area (Å²) in [4.78, 5) is 10.5. The third kappa shape index (κ3) is 3.85. The fraction of sp³-hybridized carbons (Fsp3) is 0.600. The van der Waals surface area contributed by atoms with E-state index in [1.165, 1.54) is 58.1 Å². The van der Waals surface area contributed by atoms with Gasteiger partial charge in [-0.05, 0) is 18.9 Å². The van der Waals surface area contributed by atoms with Crippen LogP contribution < -0.4 is 10.1 Å². The molecule has 0 aliphatic heterocycles. The van der Waals surface area contributed by atoms with E-state index >= 15 is 0 Å². The number of methoxy groups -OCH3 is 1. The average molecular weight is 278 g/mol. The molecule has 0 saturated heterocycles. The third-order valence-electron chi connectivity index (χ3n) is 3.85. The van der Waals surface area contributed by atoms with Gasteiger partial charge in [-0.3, -0.25) is 10.1 Å². The van der Waals surface area contributed by atoms with E-state index in [2.05, 4.69) is 5.32 Å². The summed E-state index contributed by atoms with van der Waals surface area (Å²) < 4.78 is 5.10. The largest absolute Gasteiger partial charge is 0.490 e. The van der Waals surface area contributed by atoms with Crippen LogP contribution in [-0.2, 0) is 0 Å². The minimum Gasteiger partial charge on any atom is -0.490 e. The van der Waals surface area contributed by atoms with E-state index in [1.54, 1.807) is 12.1 Å². The van der Waals surface area contributed by atoms with Crippen molar-refractivity contribution in [1.29, 1.82) is 0 Å². The Balaban J connectivity index is 2.06. The number of nitro benzene ring substituents is 1. The van der Waals surface area contributed by atoms with Crippen LogP contribution in [0.2, 0.25) is 0 Å². The van der Waals surface area contributed by atoms with E-state index in [-0.39, 0.29) is 5.69 Å². The first-order chi connectivity index (χ1) is 9.70. The molecule has 5 heteroatoms. The summed E-state index contributed by atoms with van der Waals surface area (Å²) in [6, 6.07) is 5.45. The van der Waals surface area contributed by atoms with E-state index < -0.39 is 4.92 Å². The Morgan fingerprint density at radius 1 is 1.20 bits per heavy atom. The van der Waals surface area contributed by atoms with Crippen LogP contribution >= 0.6 is 0 Å². The van der Waals surface area contributed by atoms with Gasteiger partial charge in [0.25, 0.3) is 0 Å². The van der Waals surface area contributed by atoms with Gasteiger partial charge in [-0.1, -0.05) is 32.1 Å². The lowest BCUT2D eigenvalue weighted by atomic mass is 9.96. The Labute approximate surface area is 119 Å². The summed E-state index contributed by atoms with van der Waals surface area (Å²) in [6.45, 7) is 0. The van der Waals surface area contributed by atoms with Crippen LogP contribution in [0.5, 0.6) is 5.75 Å². The molecule has 1 fully saturated rings. The summed E-state index contributed by atoms with van der Waals surface area (Å²) in [5.41, 5.74) is 0.911. The third-order valence-corrected chi connectivity index (χ3v) is 3.85. The zero-order valence-electron chi connectivity index (χ0n) is 11.9. The molecule has 110 valence electrons. The van der Waals surface area contributed by atoms with Crippen LogP contribution in [0.15, 0.2) is 18.2 Å². The highest BCUT2D eigenvalue weighted by Gasteiger charge is 2.16. The van der Waals surface area contributed by atoms with E-state index in [0.29, 0.717) is 11.8 Å². The molecular formula is C15H22N2O3. The van der Waals surface area contributed by atoms with Gasteiger partial charge in [-0.15, -0.1) is 0 Å². The fourth-order valence-electron chi connectivity index (χ4n) is 2.75. The highest BCUT2D eigenvalue weighted by molar-refractivity contribution is 5.58. The lowest BCUT2D eigenvalue weighted by Crippen LogP contribution is -2.20. The molecule has 1 N–H and O–H groups in total. The number of rotatable bonds is 4. The van der Waals surface area contributed by atoms with Gasteiger partial charge in [-0.2, -0.15) is 0 Å². The first kappa shape index (κ1) is 14.6. The molecule has 0 atom stereocenters. The lowest BCUT2D eigenvalue weighted by Gasteiger charge is -2.22. The van der Waals surface area contributed by atoms with Crippen LogP contribution in [0.25, 0.3) is 0 Å². The number of benzene rings is 1. The standard InChI is InChI=1S/C15H22N2O3/c1-20-15-11-13(9-10-14(15)17(18)19)16-12-7-5-3-2-4-6-8-12/h9-12,16H,2-8H2,1H3. The van der Waals surface area contributed by atoms with E-state index in [4.69, 9.17) is 4.74 Å². The molecule has 0 heterocycles. The Morgan fingerprint density at radius 2 is 1.85 bits per heavy atom. The average Bonchev–Trinajstić information content (AvgIpc) is 2.41. The number of hydrogen-bond acceptors (Lipinski definition) is 4. The summed E-state index contributed by atoms with van der Waals surface area (Å²) in [5.74, 6) is 0.311. The van der Waals surface area contributed by atoms with Crippen LogP contribution in [-0.4, -0.2) is 18.1 Å². The zero-order valence-corrected chi connectivity index (χ0v) is 11.9. The molecule has 1 aliphatic carbocycles. The monoisotopic (exact) mass is 278 g/mol. The van der Waals surface area contributed by atoms with Crippen molar-refractivity contribution < 1.29 is 9.66 Å². The maximum Gasteiger partial charge on any atom is 0.311 e. The van der Waals surface area contributed by atoms with Crippen LogP contribution in [0, 0.1) is 10.1 Å². The Kier molecular flexibility index (Phi) is 5.21. The molecule has 1 saturated carbocycles. The van der Waals surface area contributed by atoms with Gasteiger partial charge in [0.15, 0.2) is 5.75 Å². The molecule has 0 unspecified atom stereocenters. The van der Waals surface area contributed by atoms with Gasteiger partial charge in [0.2, 0.25) is 0 Å². The topological polar surface area (TPSA) is 64.4 Å². The first-order valence-corrected chi connectivity index (χ1v) is 7.29. The van der Waals surface area contributed by atoms with Gasteiger partial charge < -0.3 is 10.1 Å². The second-order valence-electron chi connectivity index (χ2n) is 5.33. The fourth-order valence-corrected chi connectivity index (χ4v) is 2.75. The number of ether oxygens (including phenoxy) is 1. The molecule has 1 aromatic rings. The van der Waals surface area contributed by atoms with Crippen molar-refractivity contribution in [3.63, 3.8) is 0 Å². The maximum absolute atomic E-state index is 10.9. The van der Waals surface area contributed by atoms with Crippen molar-refractivity contribution in [1.82, 2.24) is 0 Å². The second kappa shape index (κ2) is 7.12. The van der Waals surface area contributed by atoms with Crippen LogP contribution in [0.4, 0.5) is 11.4 Å². The van der Waals surface area contributed by atoms with Crippen molar-refractivity contribution in [2.45, 2.75) is 51.0 Å². The smallest absolute Gasteiger partial charge is 0.311 e. The van der Waals surface area contributed by atoms with Crippen LogP contribution in [0.1, 0.15) is 44.9 Å². The van der Waals surface area contributed by atoms with Gasteiger partial charge >= 0.3 is 5.69 Å². The molecule has 20 heavy (non-hydrogen) atoms. The van der Waals surface area contributed by atoms with Gasteiger partial charge in [0.05, 0.1) is 12.0 Å². The SMILES string of the molecule is COc1cc(NC2CCCCCCC2)ccc1[N+](=O)[O-]. The maximum atomic E-state index is 10.9. The van der Waals surface area contributed by atoms with Crippen molar-refractivity contribution in [3.05, 3.63) is 28.3 Å². The molecule has 0 radical (unpaired) electrons. The van der Waals surface area contributed by atoms with Crippen molar-refractivity contribution in [3.8, 4) is 5.75 Å². The highest BCUT2D eigenvalue weighted by Crippen LogP contribution is 2.30. The molecule has 2 rings (SSSR count). The van der Waals surface area contributed by atoms with Crippen molar-refractivity contribution in [2.75, 3.05) is 12.4 Å². The summed E-state index contributed by atoms with van der Waals surface area (Å²) in [7, 11) is 1.46. The zero-order chi connectivity index (χ0) is 14.4. The van der Waals surface area contributed by atoms with Crippen molar-refractivity contribution in [2.24, 2.45) is 0 Å². The minimum absolute atomic E-state index is 0.00992. The minimum atomic E-state index is -0.418. The molecule has 1 aromatic carbocycles. The summed E-state index contributed by atoms with van der Waals surface area (Å²) in [6.07, 6.45) is 8.80. The number of nitrogens with zero attached hydrogens (tertiary/aromatic N) is 1.